The number of ether oxygens (including phenoxy) is 1. The quantitative estimate of drug-likeness (QED) is 0.731. The number of aliphatic hydroxyl groups is 1. The second kappa shape index (κ2) is 6.46. The fourth-order valence-electron chi connectivity index (χ4n) is 2.27. The molecule has 1 rings (SSSR count). The third-order valence-corrected chi connectivity index (χ3v) is 3.41. The fourth-order valence-corrected chi connectivity index (χ4v) is 2.27. The van der Waals surface area contributed by atoms with E-state index in [1.807, 2.05) is 0 Å². The Morgan fingerprint density at radius 1 is 1.40 bits per heavy atom. The minimum absolute atomic E-state index is 0.227. The van der Waals surface area contributed by atoms with E-state index in [-0.39, 0.29) is 12.6 Å². The van der Waals surface area contributed by atoms with Crippen LogP contribution in [-0.4, -0.2) is 37.0 Å². The van der Waals surface area contributed by atoms with Crippen molar-refractivity contribution in [2.45, 2.75) is 57.7 Å². The third kappa shape index (κ3) is 4.09. The van der Waals surface area contributed by atoms with Gasteiger partial charge in [-0.1, -0.05) is 13.8 Å². The number of hydrogen-bond acceptors (Lipinski definition) is 3. The van der Waals surface area contributed by atoms with Gasteiger partial charge in [-0.3, -0.25) is 0 Å². The Labute approximate surface area is 93.2 Å². The van der Waals surface area contributed by atoms with Crippen molar-refractivity contribution in [2.24, 2.45) is 5.92 Å². The Morgan fingerprint density at radius 2 is 2.13 bits per heavy atom. The molecule has 90 valence electrons. The van der Waals surface area contributed by atoms with Crippen molar-refractivity contribution < 1.29 is 9.84 Å². The summed E-state index contributed by atoms with van der Waals surface area (Å²) in [7, 11) is 1.79. The largest absolute Gasteiger partial charge is 0.395 e. The summed E-state index contributed by atoms with van der Waals surface area (Å²) in [6.45, 7) is 4.51. The summed E-state index contributed by atoms with van der Waals surface area (Å²) in [4.78, 5) is 0. The van der Waals surface area contributed by atoms with Crippen LogP contribution in [0.4, 0.5) is 0 Å². The molecule has 0 aliphatic heterocycles. The van der Waals surface area contributed by atoms with E-state index in [4.69, 9.17) is 4.74 Å². The van der Waals surface area contributed by atoms with Crippen LogP contribution in [0.25, 0.3) is 0 Å². The van der Waals surface area contributed by atoms with E-state index >= 15 is 0 Å². The molecule has 0 saturated heterocycles. The van der Waals surface area contributed by atoms with E-state index in [2.05, 4.69) is 19.2 Å². The van der Waals surface area contributed by atoms with Gasteiger partial charge in [-0.25, -0.2) is 0 Å². The summed E-state index contributed by atoms with van der Waals surface area (Å²) >= 11 is 0. The van der Waals surface area contributed by atoms with E-state index in [0.29, 0.717) is 18.1 Å². The van der Waals surface area contributed by atoms with Crippen LogP contribution in [0.15, 0.2) is 0 Å². The highest BCUT2D eigenvalue weighted by molar-refractivity contribution is 4.82. The van der Waals surface area contributed by atoms with Gasteiger partial charge in [0.15, 0.2) is 0 Å². The maximum Gasteiger partial charge on any atom is 0.0587 e. The monoisotopic (exact) mass is 215 g/mol. The molecule has 0 bridgehead atoms. The minimum Gasteiger partial charge on any atom is -0.395 e. The van der Waals surface area contributed by atoms with Crippen LogP contribution in [0.3, 0.4) is 0 Å². The third-order valence-electron chi connectivity index (χ3n) is 3.41. The normalized spacial score (nSPS) is 29.4. The van der Waals surface area contributed by atoms with Crippen molar-refractivity contribution in [3.63, 3.8) is 0 Å². The molecule has 15 heavy (non-hydrogen) atoms. The Hall–Kier alpha value is -0.120. The maximum atomic E-state index is 9.26. The SMILES string of the molecule is COC1CCCC(NC(CO)C(C)C)C1. The number of aliphatic hydroxyl groups excluding tert-OH is 1. The average molecular weight is 215 g/mol. The van der Waals surface area contributed by atoms with Crippen LogP contribution < -0.4 is 5.32 Å². The van der Waals surface area contributed by atoms with Crippen LogP contribution in [0.2, 0.25) is 0 Å². The number of hydrogen-bond donors (Lipinski definition) is 2. The van der Waals surface area contributed by atoms with E-state index in [1.165, 1.54) is 19.3 Å². The first-order chi connectivity index (χ1) is 7.17. The highest BCUT2D eigenvalue weighted by Gasteiger charge is 2.24. The Bertz CT molecular complexity index is 173. The van der Waals surface area contributed by atoms with Gasteiger partial charge in [0.2, 0.25) is 0 Å². The van der Waals surface area contributed by atoms with Gasteiger partial charge in [0.1, 0.15) is 0 Å². The maximum absolute atomic E-state index is 9.26. The predicted octanol–water partition coefficient (Wildman–Crippen LogP) is 1.55. The first kappa shape index (κ1) is 12.9. The van der Waals surface area contributed by atoms with Gasteiger partial charge < -0.3 is 15.2 Å². The topological polar surface area (TPSA) is 41.5 Å². The van der Waals surface area contributed by atoms with E-state index in [0.717, 1.165) is 6.42 Å². The van der Waals surface area contributed by atoms with Gasteiger partial charge in [0.25, 0.3) is 0 Å². The molecular formula is C12H25NO2. The highest BCUT2D eigenvalue weighted by atomic mass is 16.5. The molecule has 0 aromatic heterocycles. The smallest absolute Gasteiger partial charge is 0.0587 e. The standard InChI is InChI=1S/C12H25NO2/c1-9(2)12(8-14)13-10-5-4-6-11(7-10)15-3/h9-14H,4-8H2,1-3H3. The first-order valence-corrected chi connectivity index (χ1v) is 6.07. The molecule has 3 heteroatoms. The molecule has 1 fully saturated rings. The fraction of sp³-hybridized carbons (Fsp3) is 1.00. The first-order valence-electron chi connectivity index (χ1n) is 6.07. The molecule has 0 heterocycles. The van der Waals surface area contributed by atoms with E-state index in [9.17, 15) is 5.11 Å². The van der Waals surface area contributed by atoms with Crippen LogP contribution in [0, 0.1) is 5.92 Å². The molecule has 0 radical (unpaired) electrons. The van der Waals surface area contributed by atoms with Crippen LogP contribution >= 0.6 is 0 Å². The van der Waals surface area contributed by atoms with Gasteiger partial charge >= 0.3 is 0 Å². The summed E-state index contributed by atoms with van der Waals surface area (Å²) in [5.41, 5.74) is 0. The van der Waals surface area contributed by atoms with Crippen LogP contribution in [-0.2, 0) is 4.74 Å². The zero-order chi connectivity index (χ0) is 11.3. The Morgan fingerprint density at radius 3 is 2.67 bits per heavy atom. The molecule has 1 aliphatic rings. The number of nitrogens with one attached hydrogen (secondary N) is 1. The zero-order valence-electron chi connectivity index (χ0n) is 10.2. The van der Waals surface area contributed by atoms with Crippen LogP contribution in [0.1, 0.15) is 39.5 Å². The molecule has 3 unspecified atom stereocenters. The summed E-state index contributed by atoms with van der Waals surface area (Å²) in [5.74, 6) is 0.484. The minimum atomic E-state index is 0.227. The average Bonchev–Trinajstić information content (AvgIpc) is 2.25. The van der Waals surface area contributed by atoms with Crippen molar-refractivity contribution in [3.8, 4) is 0 Å². The summed E-state index contributed by atoms with van der Waals surface area (Å²) in [6, 6.07) is 0.744. The molecule has 0 spiro atoms. The lowest BCUT2D eigenvalue weighted by molar-refractivity contribution is 0.0530. The second-order valence-electron chi connectivity index (χ2n) is 4.92. The van der Waals surface area contributed by atoms with Gasteiger partial charge in [0, 0.05) is 19.2 Å². The predicted molar refractivity (Wildman–Crippen MR) is 61.9 cm³/mol. The molecule has 3 nitrogen and oxygen atoms in total. The molecule has 1 saturated carbocycles. The van der Waals surface area contributed by atoms with Gasteiger partial charge in [-0.2, -0.15) is 0 Å². The van der Waals surface area contributed by atoms with Crippen molar-refractivity contribution in [1.29, 1.82) is 0 Å². The molecule has 0 amide bonds. The lowest BCUT2D eigenvalue weighted by atomic mass is 9.91. The molecule has 0 aromatic carbocycles. The number of methoxy groups -OCH3 is 1. The van der Waals surface area contributed by atoms with Gasteiger partial charge in [0.05, 0.1) is 12.7 Å². The Kier molecular flexibility index (Phi) is 5.58. The van der Waals surface area contributed by atoms with Gasteiger partial charge in [-0.15, -0.1) is 0 Å². The zero-order valence-corrected chi connectivity index (χ0v) is 10.2. The molecular weight excluding hydrogens is 190 g/mol. The van der Waals surface area contributed by atoms with E-state index in [1.54, 1.807) is 7.11 Å². The summed E-state index contributed by atoms with van der Waals surface area (Å²) in [5, 5.41) is 12.8. The van der Waals surface area contributed by atoms with Crippen molar-refractivity contribution >= 4 is 0 Å². The lowest BCUT2D eigenvalue weighted by Gasteiger charge is -2.33. The molecule has 2 N–H and O–H groups in total. The molecule has 1 aliphatic carbocycles. The summed E-state index contributed by atoms with van der Waals surface area (Å²) < 4.78 is 5.39. The lowest BCUT2D eigenvalue weighted by Crippen LogP contribution is -2.46. The highest BCUT2D eigenvalue weighted by Crippen LogP contribution is 2.21. The van der Waals surface area contributed by atoms with Crippen molar-refractivity contribution in [3.05, 3.63) is 0 Å². The van der Waals surface area contributed by atoms with E-state index < -0.39 is 0 Å². The number of rotatable bonds is 5. The van der Waals surface area contributed by atoms with Crippen molar-refractivity contribution in [1.82, 2.24) is 5.32 Å². The molecule has 3 atom stereocenters. The second-order valence-corrected chi connectivity index (χ2v) is 4.92. The summed E-state index contributed by atoms with van der Waals surface area (Å²) in [6.07, 6.45) is 5.11. The molecule has 0 aromatic rings. The van der Waals surface area contributed by atoms with Crippen LogP contribution in [0.5, 0.6) is 0 Å². The van der Waals surface area contributed by atoms with Gasteiger partial charge in [-0.05, 0) is 31.6 Å². The van der Waals surface area contributed by atoms with Crippen molar-refractivity contribution in [2.75, 3.05) is 13.7 Å². The Balaban J connectivity index is 2.36.